The van der Waals surface area contributed by atoms with Gasteiger partial charge in [-0.1, -0.05) is 116 Å². The zero-order valence-electron chi connectivity index (χ0n) is 28.3. The Morgan fingerprint density at radius 1 is 0.659 bits per heavy atom. The van der Waals surface area contributed by atoms with Crippen molar-refractivity contribution in [3.05, 3.63) is 11.6 Å². The summed E-state index contributed by atoms with van der Waals surface area (Å²) in [5, 5.41) is 41.9. The van der Waals surface area contributed by atoms with Crippen molar-refractivity contribution in [2.24, 2.45) is 0 Å². The third-order valence-electron chi connectivity index (χ3n) is 9.62. The van der Waals surface area contributed by atoms with E-state index in [0.29, 0.717) is 31.3 Å². The Morgan fingerprint density at radius 3 is 1.66 bits per heavy atom. The van der Waals surface area contributed by atoms with Crippen LogP contribution in [0, 0.1) is 0 Å². The minimum absolute atomic E-state index is 0.145. The molecule has 0 amide bonds. The quantitative estimate of drug-likeness (QED) is 0.0518. The van der Waals surface area contributed by atoms with Gasteiger partial charge in [0.2, 0.25) is 0 Å². The van der Waals surface area contributed by atoms with Gasteiger partial charge in [0.15, 0.2) is 0 Å². The van der Waals surface area contributed by atoms with Gasteiger partial charge in [0.25, 0.3) is 0 Å². The van der Waals surface area contributed by atoms with Gasteiger partial charge < -0.3 is 29.9 Å². The maximum Gasteiger partial charge on any atom is 0.334 e. The number of aliphatic hydroxyl groups is 4. The molecule has 7 heteroatoms. The van der Waals surface area contributed by atoms with Gasteiger partial charge >= 0.3 is 5.97 Å². The first-order valence-corrected chi connectivity index (χ1v) is 18.6. The number of hydrogen-bond donors (Lipinski definition) is 4. The van der Waals surface area contributed by atoms with Crippen LogP contribution in [0.5, 0.6) is 0 Å². The van der Waals surface area contributed by atoms with Crippen molar-refractivity contribution < 1.29 is 34.7 Å². The van der Waals surface area contributed by atoms with Crippen molar-refractivity contribution in [2.75, 3.05) is 0 Å². The van der Waals surface area contributed by atoms with Crippen molar-refractivity contribution in [3.8, 4) is 0 Å². The normalized spacial score (nSPS) is 23.0. The average Bonchev–Trinajstić information content (AvgIpc) is 3.62. The van der Waals surface area contributed by atoms with Crippen LogP contribution < -0.4 is 0 Å². The molecule has 0 aromatic carbocycles. The maximum atomic E-state index is 11.6. The molecule has 2 aliphatic heterocycles. The zero-order valence-corrected chi connectivity index (χ0v) is 28.3. The SMILES string of the molecule is CCCCCCCCCCCCC(O)C1CCC(C(O)CC(O)CCCCCCCCCC(O)CCC2=CC(C)OC2=O)O1. The maximum absolute atomic E-state index is 11.6. The van der Waals surface area contributed by atoms with E-state index in [2.05, 4.69) is 6.92 Å². The molecular formula is C37H68O7. The lowest BCUT2D eigenvalue weighted by atomic mass is 9.98. The number of carbonyl (C=O) groups is 1. The highest BCUT2D eigenvalue weighted by atomic mass is 16.5. The molecule has 0 bridgehead atoms. The Hall–Kier alpha value is -0.990. The van der Waals surface area contributed by atoms with Gasteiger partial charge in [-0.15, -0.1) is 0 Å². The minimum atomic E-state index is -0.679. The smallest absolute Gasteiger partial charge is 0.334 e. The number of carbonyl (C=O) groups excluding carboxylic acids is 1. The lowest BCUT2D eigenvalue weighted by Gasteiger charge is -2.23. The predicted molar refractivity (Wildman–Crippen MR) is 177 cm³/mol. The molecule has 0 aliphatic carbocycles. The third kappa shape index (κ3) is 17.6. The van der Waals surface area contributed by atoms with Crippen LogP contribution in [-0.2, 0) is 14.3 Å². The summed E-state index contributed by atoms with van der Waals surface area (Å²) >= 11 is 0. The summed E-state index contributed by atoms with van der Waals surface area (Å²) < 4.78 is 11.1. The van der Waals surface area contributed by atoms with E-state index in [-0.39, 0.29) is 30.4 Å². The van der Waals surface area contributed by atoms with E-state index < -0.39 is 18.3 Å². The molecule has 7 nitrogen and oxygen atoms in total. The largest absolute Gasteiger partial charge is 0.455 e. The van der Waals surface area contributed by atoms with E-state index in [1.807, 2.05) is 13.0 Å². The van der Waals surface area contributed by atoms with Crippen LogP contribution in [-0.4, -0.2) is 69.1 Å². The molecule has 1 fully saturated rings. The van der Waals surface area contributed by atoms with Crippen LogP contribution in [0.1, 0.15) is 174 Å². The summed E-state index contributed by atoms with van der Waals surface area (Å²) in [7, 11) is 0. The van der Waals surface area contributed by atoms with Crippen molar-refractivity contribution in [1.29, 1.82) is 0 Å². The highest BCUT2D eigenvalue weighted by Gasteiger charge is 2.35. The van der Waals surface area contributed by atoms with Gasteiger partial charge in [-0.05, 0) is 57.9 Å². The minimum Gasteiger partial charge on any atom is -0.455 e. The Bertz CT molecular complexity index is 756. The number of rotatable bonds is 28. The molecule has 0 radical (unpaired) electrons. The summed E-state index contributed by atoms with van der Waals surface area (Å²) in [6, 6.07) is 0. The first-order chi connectivity index (χ1) is 21.3. The first kappa shape index (κ1) is 39.2. The molecule has 1 saturated heterocycles. The third-order valence-corrected chi connectivity index (χ3v) is 9.62. The van der Waals surface area contributed by atoms with Crippen molar-refractivity contribution in [1.82, 2.24) is 0 Å². The topological polar surface area (TPSA) is 116 Å². The molecular weight excluding hydrogens is 556 g/mol. The standard InChI is InChI=1S/C37H68O7/c1-3-4-5-6-7-8-9-13-16-19-22-33(40)35-25-26-36(44-35)34(41)28-32(39)21-18-15-12-10-11-14-17-20-31(38)24-23-30-27-29(2)43-37(30)42/h27,29,31-36,38-41H,3-26,28H2,1-2H3. The predicted octanol–water partition coefficient (Wildman–Crippen LogP) is 7.84. The molecule has 2 rings (SSSR count). The Labute approximate surface area is 269 Å². The van der Waals surface area contributed by atoms with Gasteiger partial charge in [-0.3, -0.25) is 0 Å². The van der Waals surface area contributed by atoms with Crippen LogP contribution in [0.2, 0.25) is 0 Å². The Kier molecular flexibility index (Phi) is 21.6. The monoisotopic (exact) mass is 624 g/mol. The molecule has 258 valence electrons. The van der Waals surface area contributed by atoms with E-state index in [9.17, 15) is 25.2 Å². The fourth-order valence-electron chi connectivity index (χ4n) is 6.76. The second-order valence-corrected chi connectivity index (χ2v) is 13.8. The van der Waals surface area contributed by atoms with Crippen molar-refractivity contribution in [2.45, 2.75) is 217 Å². The molecule has 44 heavy (non-hydrogen) atoms. The van der Waals surface area contributed by atoms with E-state index in [4.69, 9.17) is 9.47 Å². The number of cyclic esters (lactones) is 1. The van der Waals surface area contributed by atoms with Gasteiger partial charge in [0.1, 0.15) is 6.10 Å². The molecule has 7 unspecified atom stereocenters. The Balaban J connectivity index is 1.39. The van der Waals surface area contributed by atoms with Gasteiger partial charge in [0.05, 0.1) is 36.6 Å². The lowest BCUT2D eigenvalue weighted by Crippen LogP contribution is -2.33. The molecule has 0 spiro atoms. The van der Waals surface area contributed by atoms with Gasteiger partial charge in [-0.25, -0.2) is 4.79 Å². The summed E-state index contributed by atoms with van der Waals surface area (Å²) in [6.07, 6.45) is 24.9. The zero-order chi connectivity index (χ0) is 32.0. The van der Waals surface area contributed by atoms with Crippen molar-refractivity contribution >= 4 is 5.97 Å². The number of unbranched alkanes of at least 4 members (excludes halogenated alkanes) is 15. The average molecular weight is 625 g/mol. The number of hydrogen-bond acceptors (Lipinski definition) is 7. The molecule has 7 atom stereocenters. The summed E-state index contributed by atoms with van der Waals surface area (Å²) in [5.74, 6) is -0.240. The summed E-state index contributed by atoms with van der Waals surface area (Å²) in [5.41, 5.74) is 0.696. The molecule has 2 aliphatic rings. The fraction of sp³-hybridized carbons (Fsp3) is 0.919. The second-order valence-electron chi connectivity index (χ2n) is 13.8. The summed E-state index contributed by atoms with van der Waals surface area (Å²) in [6.45, 7) is 4.10. The van der Waals surface area contributed by atoms with Crippen LogP contribution in [0.4, 0.5) is 0 Å². The van der Waals surface area contributed by atoms with Crippen LogP contribution in [0.25, 0.3) is 0 Å². The first-order valence-electron chi connectivity index (χ1n) is 18.6. The Morgan fingerprint density at radius 2 is 1.14 bits per heavy atom. The molecule has 0 saturated carbocycles. The van der Waals surface area contributed by atoms with Gasteiger partial charge in [0, 0.05) is 12.0 Å². The second kappa shape index (κ2) is 24.2. The van der Waals surface area contributed by atoms with Crippen LogP contribution in [0.15, 0.2) is 11.6 Å². The van der Waals surface area contributed by atoms with E-state index in [0.717, 1.165) is 77.0 Å². The number of ether oxygens (including phenoxy) is 2. The van der Waals surface area contributed by atoms with Crippen LogP contribution >= 0.6 is 0 Å². The van der Waals surface area contributed by atoms with E-state index in [1.165, 1.54) is 57.8 Å². The van der Waals surface area contributed by atoms with E-state index in [1.54, 1.807) is 0 Å². The fourth-order valence-corrected chi connectivity index (χ4v) is 6.76. The molecule has 4 N–H and O–H groups in total. The highest BCUT2D eigenvalue weighted by Crippen LogP contribution is 2.29. The molecule has 0 aromatic heterocycles. The summed E-state index contributed by atoms with van der Waals surface area (Å²) in [4.78, 5) is 11.6. The van der Waals surface area contributed by atoms with Crippen LogP contribution in [0.3, 0.4) is 0 Å². The molecule has 2 heterocycles. The molecule has 0 aromatic rings. The number of aliphatic hydroxyl groups excluding tert-OH is 4. The highest BCUT2D eigenvalue weighted by molar-refractivity contribution is 5.90. The van der Waals surface area contributed by atoms with Gasteiger partial charge in [-0.2, -0.15) is 0 Å². The van der Waals surface area contributed by atoms with E-state index >= 15 is 0 Å². The lowest BCUT2D eigenvalue weighted by molar-refractivity contribution is -0.139. The van der Waals surface area contributed by atoms with Crippen molar-refractivity contribution in [3.63, 3.8) is 0 Å². The number of esters is 1.